The van der Waals surface area contributed by atoms with Crippen molar-refractivity contribution in [1.82, 2.24) is 0 Å². The Balaban J connectivity index is 2.45. The Morgan fingerprint density at radius 3 is 2.38 bits per heavy atom. The molecule has 7 heteroatoms. The highest BCUT2D eigenvalue weighted by molar-refractivity contribution is 6.32. The second-order valence-corrected chi connectivity index (χ2v) is 6.11. The van der Waals surface area contributed by atoms with E-state index in [4.69, 9.17) is 21.1 Å². The Hall–Kier alpha value is -2.21. The number of rotatable bonds is 6. The number of hydrogen-bond acceptors (Lipinski definition) is 3. The Morgan fingerprint density at radius 2 is 1.81 bits per heavy atom. The lowest BCUT2D eigenvalue weighted by atomic mass is 9.99. The molecule has 0 radical (unpaired) electrons. The normalized spacial score (nSPS) is 11.3. The first-order valence-corrected chi connectivity index (χ1v) is 8.32. The van der Waals surface area contributed by atoms with E-state index in [0.29, 0.717) is 16.7 Å². The summed E-state index contributed by atoms with van der Waals surface area (Å²) in [6, 6.07) is 10.2. The number of aryl methyl sites for hydroxylation is 1. The van der Waals surface area contributed by atoms with E-state index in [1.165, 1.54) is 6.07 Å². The minimum atomic E-state index is -4.49. The molecule has 0 bridgehead atoms. The summed E-state index contributed by atoms with van der Waals surface area (Å²) >= 11 is 6.16. The average Bonchev–Trinajstić information content (AvgIpc) is 2.53. The zero-order valence-corrected chi connectivity index (χ0v) is 15.1. The van der Waals surface area contributed by atoms with Crippen LogP contribution in [0, 0.1) is 6.92 Å². The lowest BCUT2D eigenvalue weighted by molar-refractivity contribution is -0.153. The Morgan fingerprint density at radius 1 is 1.15 bits per heavy atom. The third-order valence-corrected chi connectivity index (χ3v) is 3.78. The fraction of sp³-hybridized carbons (Fsp3) is 0.316. The third kappa shape index (κ3) is 5.66. The number of esters is 1. The molecule has 0 saturated carbocycles. The Bertz CT molecular complexity index is 771. The number of hydrogen-bond donors (Lipinski definition) is 0. The van der Waals surface area contributed by atoms with E-state index in [-0.39, 0.29) is 23.8 Å². The Kier molecular flexibility index (Phi) is 6.53. The Labute approximate surface area is 154 Å². The monoisotopic (exact) mass is 386 g/mol. The average molecular weight is 387 g/mol. The summed E-state index contributed by atoms with van der Waals surface area (Å²) in [4.78, 5) is 11.7. The molecule has 0 N–H and O–H groups in total. The lowest BCUT2D eigenvalue weighted by Gasteiger charge is -2.16. The van der Waals surface area contributed by atoms with Crippen LogP contribution in [-0.2, 0) is 16.0 Å². The first-order chi connectivity index (χ1) is 12.2. The van der Waals surface area contributed by atoms with Gasteiger partial charge in [0.25, 0.3) is 0 Å². The number of ether oxygens (including phenoxy) is 2. The summed E-state index contributed by atoms with van der Waals surface area (Å²) in [5.41, 5.74) is 2.56. The van der Waals surface area contributed by atoms with E-state index >= 15 is 0 Å². The molecule has 0 aliphatic rings. The molecule has 2 aromatic rings. The van der Waals surface area contributed by atoms with Crippen molar-refractivity contribution in [2.24, 2.45) is 0 Å². The fourth-order valence-electron chi connectivity index (χ4n) is 2.38. The first-order valence-electron chi connectivity index (χ1n) is 7.94. The van der Waals surface area contributed by atoms with Crippen LogP contribution in [0.25, 0.3) is 11.1 Å². The van der Waals surface area contributed by atoms with E-state index in [1.54, 1.807) is 25.1 Å². The molecule has 0 amide bonds. The zero-order valence-electron chi connectivity index (χ0n) is 14.3. The van der Waals surface area contributed by atoms with Gasteiger partial charge in [0.05, 0.1) is 18.1 Å². The van der Waals surface area contributed by atoms with Crippen molar-refractivity contribution < 1.29 is 27.4 Å². The van der Waals surface area contributed by atoms with Crippen molar-refractivity contribution in [2.75, 3.05) is 13.2 Å². The van der Waals surface area contributed by atoms with Crippen LogP contribution in [0.3, 0.4) is 0 Å². The van der Waals surface area contributed by atoms with Crippen LogP contribution in [0.2, 0.25) is 5.02 Å². The smallest absolute Gasteiger partial charge is 0.422 e. The van der Waals surface area contributed by atoms with Crippen LogP contribution in [0.15, 0.2) is 36.4 Å². The molecule has 0 aliphatic heterocycles. The molecule has 0 unspecified atom stereocenters. The van der Waals surface area contributed by atoms with E-state index < -0.39 is 18.8 Å². The van der Waals surface area contributed by atoms with Crippen LogP contribution in [0.4, 0.5) is 13.2 Å². The van der Waals surface area contributed by atoms with Gasteiger partial charge in [0.1, 0.15) is 5.75 Å². The van der Waals surface area contributed by atoms with Crippen LogP contribution in [0.5, 0.6) is 5.75 Å². The topological polar surface area (TPSA) is 35.5 Å². The van der Waals surface area contributed by atoms with Crippen LogP contribution >= 0.6 is 11.6 Å². The van der Waals surface area contributed by atoms with Crippen molar-refractivity contribution in [1.29, 1.82) is 0 Å². The summed E-state index contributed by atoms with van der Waals surface area (Å²) in [6.45, 7) is 2.37. The largest absolute Gasteiger partial charge is 0.482 e. The molecule has 0 saturated heterocycles. The van der Waals surface area contributed by atoms with Gasteiger partial charge in [-0.2, -0.15) is 13.2 Å². The van der Waals surface area contributed by atoms with Gasteiger partial charge >= 0.3 is 12.1 Å². The molecular formula is C19H18ClF3O3. The van der Waals surface area contributed by atoms with Gasteiger partial charge in [-0.25, -0.2) is 0 Å². The number of benzene rings is 2. The molecule has 0 spiro atoms. The number of carbonyl (C=O) groups excluding carboxylic acids is 1. The molecule has 2 aromatic carbocycles. The quantitative estimate of drug-likeness (QED) is 0.627. The van der Waals surface area contributed by atoms with Gasteiger partial charge < -0.3 is 9.47 Å². The highest BCUT2D eigenvalue weighted by Crippen LogP contribution is 2.38. The first kappa shape index (κ1) is 20.1. The van der Waals surface area contributed by atoms with Crippen LogP contribution < -0.4 is 4.74 Å². The maximum absolute atomic E-state index is 12.6. The summed E-state index contributed by atoms with van der Waals surface area (Å²) in [5.74, 6) is -0.511. The molecule has 140 valence electrons. The van der Waals surface area contributed by atoms with Crippen LogP contribution in [0.1, 0.15) is 18.1 Å². The van der Waals surface area contributed by atoms with E-state index in [2.05, 4.69) is 0 Å². The van der Waals surface area contributed by atoms with Crippen molar-refractivity contribution >= 4 is 17.6 Å². The maximum atomic E-state index is 12.6. The standard InChI is InChI=1S/C19H18ClF3O3/c1-3-25-17(24)10-13-8-15(14-6-4-12(2)5-7-14)18(16(20)9-13)26-11-19(21,22)23/h4-9H,3,10-11H2,1-2H3. The van der Waals surface area contributed by atoms with E-state index in [9.17, 15) is 18.0 Å². The lowest BCUT2D eigenvalue weighted by Crippen LogP contribution is -2.19. The third-order valence-electron chi connectivity index (χ3n) is 3.50. The summed E-state index contributed by atoms with van der Waals surface area (Å²) in [5, 5.41) is 0.00613. The maximum Gasteiger partial charge on any atom is 0.422 e. The van der Waals surface area contributed by atoms with Crippen molar-refractivity contribution in [2.45, 2.75) is 26.4 Å². The van der Waals surface area contributed by atoms with Crippen molar-refractivity contribution in [3.63, 3.8) is 0 Å². The van der Waals surface area contributed by atoms with Crippen molar-refractivity contribution in [3.05, 3.63) is 52.5 Å². The summed E-state index contributed by atoms with van der Waals surface area (Å²) in [6.07, 6.45) is -4.52. The fourth-order valence-corrected chi connectivity index (χ4v) is 2.68. The second-order valence-electron chi connectivity index (χ2n) is 5.71. The van der Waals surface area contributed by atoms with Gasteiger partial charge in [0.2, 0.25) is 0 Å². The van der Waals surface area contributed by atoms with Gasteiger partial charge in [-0.3, -0.25) is 4.79 Å². The molecule has 3 nitrogen and oxygen atoms in total. The summed E-state index contributed by atoms with van der Waals surface area (Å²) < 4.78 is 47.6. The highest BCUT2D eigenvalue weighted by atomic mass is 35.5. The number of carbonyl (C=O) groups is 1. The number of halogens is 4. The van der Waals surface area contributed by atoms with Gasteiger partial charge in [-0.15, -0.1) is 0 Å². The minimum absolute atomic E-state index is 0.00613. The SMILES string of the molecule is CCOC(=O)Cc1cc(Cl)c(OCC(F)(F)F)c(-c2ccc(C)cc2)c1. The second kappa shape index (κ2) is 8.45. The van der Waals surface area contributed by atoms with Crippen molar-refractivity contribution in [3.8, 4) is 16.9 Å². The van der Waals surface area contributed by atoms with Gasteiger partial charge in [-0.05, 0) is 37.1 Å². The zero-order chi connectivity index (χ0) is 19.3. The predicted octanol–water partition coefficient (Wildman–Crippen LogP) is 5.36. The highest BCUT2D eigenvalue weighted by Gasteiger charge is 2.29. The minimum Gasteiger partial charge on any atom is -0.482 e. The molecule has 0 aliphatic carbocycles. The predicted molar refractivity (Wildman–Crippen MR) is 93.5 cm³/mol. The summed E-state index contributed by atoms with van der Waals surface area (Å²) in [7, 11) is 0. The molecule has 2 rings (SSSR count). The molecule has 0 fully saturated rings. The van der Waals surface area contributed by atoms with Gasteiger partial charge in [-0.1, -0.05) is 41.4 Å². The molecular weight excluding hydrogens is 369 g/mol. The van der Waals surface area contributed by atoms with E-state index in [0.717, 1.165) is 5.56 Å². The van der Waals surface area contributed by atoms with Gasteiger partial charge in [0.15, 0.2) is 6.61 Å². The van der Waals surface area contributed by atoms with Crippen LogP contribution in [-0.4, -0.2) is 25.4 Å². The van der Waals surface area contributed by atoms with E-state index in [1.807, 2.05) is 19.1 Å². The number of alkyl halides is 3. The van der Waals surface area contributed by atoms with Gasteiger partial charge in [0, 0.05) is 5.56 Å². The molecule has 0 aromatic heterocycles. The molecule has 0 heterocycles. The molecule has 26 heavy (non-hydrogen) atoms. The molecule has 0 atom stereocenters.